The minimum Gasteiger partial charge on any atom is -0.392 e. The third-order valence-electron chi connectivity index (χ3n) is 6.68. The summed E-state index contributed by atoms with van der Waals surface area (Å²) in [5.41, 5.74) is 7.86. The minimum atomic E-state index is -0.856. The van der Waals surface area contributed by atoms with Crippen LogP contribution in [0.15, 0.2) is 49.1 Å². The lowest BCUT2D eigenvalue weighted by Gasteiger charge is -2.32. The summed E-state index contributed by atoms with van der Waals surface area (Å²) in [6.07, 6.45) is 8.87. The highest BCUT2D eigenvalue weighted by Gasteiger charge is 2.28. The predicted octanol–water partition coefficient (Wildman–Crippen LogP) is 4.05. The number of hydrogen-bond acceptors (Lipinski definition) is 6. The normalized spacial score (nSPS) is 20.0. The van der Waals surface area contributed by atoms with Crippen LogP contribution in [0.25, 0.3) is 16.8 Å². The number of rotatable bonds is 5. The molecule has 3 heterocycles. The second kappa shape index (κ2) is 9.71. The molecule has 1 fully saturated rings. The molecule has 0 bridgehead atoms. The van der Waals surface area contributed by atoms with Crippen molar-refractivity contribution < 1.29 is 18.7 Å². The molecule has 3 atom stereocenters. The van der Waals surface area contributed by atoms with E-state index in [4.69, 9.17) is 5.73 Å². The predicted molar refractivity (Wildman–Crippen MR) is 130 cm³/mol. The van der Waals surface area contributed by atoms with E-state index in [1.165, 1.54) is 23.0 Å². The Morgan fingerprint density at radius 2 is 1.97 bits per heavy atom. The number of aliphatic hydroxyl groups is 1. The fourth-order valence-electron chi connectivity index (χ4n) is 5.11. The van der Waals surface area contributed by atoms with Crippen LogP contribution < -0.4 is 11.1 Å². The first-order valence-electron chi connectivity index (χ1n) is 11.8. The van der Waals surface area contributed by atoms with Crippen LogP contribution in [-0.4, -0.2) is 36.6 Å². The Labute approximate surface area is 206 Å². The molecule has 0 spiro atoms. The first-order valence-corrected chi connectivity index (χ1v) is 11.8. The lowest BCUT2D eigenvalue weighted by molar-refractivity contribution is 0.102. The molecule has 0 unspecified atom stereocenters. The summed E-state index contributed by atoms with van der Waals surface area (Å²) in [5, 5.41) is 16.2. The van der Waals surface area contributed by atoms with Crippen LogP contribution in [0, 0.1) is 17.6 Å². The van der Waals surface area contributed by atoms with E-state index < -0.39 is 24.1 Å². The molecule has 36 heavy (non-hydrogen) atoms. The summed E-state index contributed by atoms with van der Waals surface area (Å²) < 4.78 is 30.7. The van der Waals surface area contributed by atoms with Gasteiger partial charge in [0.15, 0.2) is 5.65 Å². The fraction of sp³-hybridized carbons (Fsp3) is 0.308. The van der Waals surface area contributed by atoms with Crippen LogP contribution in [0.3, 0.4) is 0 Å². The number of halogens is 2. The molecule has 5 rings (SSSR count). The Balaban J connectivity index is 1.47. The molecule has 1 aliphatic rings. The molecule has 0 aliphatic heterocycles. The highest BCUT2D eigenvalue weighted by Crippen LogP contribution is 2.38. The van der Waals surface area contributed by atoms with Crippen LogP contribution in [-0.2, 0) is 6.61 Å². The first kappa shape index (κ1) is 24.0. The number of pyridine rings is 1. The van der Waals surface area contributed by atoms with Crippen molar-refractivity contribution in [2.75, 3.05) is 5.32 Å². The highest BCUT2D eigenvalue weighted by atomic mass is 19.1. The summed E-state index contributed by atoms with van der Waals surface area (Å²) >= 11 is 0. The van der Waals surface area contributed by atoms with Gasteiger partial charge < -0.3 is 16.2 Å². The highest BCUT2D eigenvalue weighted by molar-refractivity contribution is 6.03. The summed E-state index contributed by atoms with van der Waals surface area (Å²) in [5.74, 6) is -1.52. The third-order valence-corrected chi connectivity index (χ3v) is 6.68. The zero-order valence-corrected chi connectivity index (χ0v) is 19.7. The molecule has 1 aliphatic carbocycles. The molecule has 10 heteroatoms. The van der Waals surface area contributed by atoms with Gasteiger partial charge >= 0.3 is 0 Å². The number of fused-ring (bicyclic) bond motifs is 1. The molecule has 0 radical (unpaired) electrons. The third kappa shape index (κ3) is 4.57. The smallest absolute Gasteiger partial charge is 0.274 e. The molecule has 1 aromatic carbocycles. The Morgan fingerprint density at radius 1 is 1.19 bits per heavy atom. The van der Waals surface area contributed by atoms with Crippen LogP contribution in [0.1, 0.15) is 53.7 Å². The maximum atomic E-state index is 14.7. The number of carbonyl (C=O) groups is 1. The van der Waals surface area contributed by atoms with E-state index in [1.807, 2.05) is 6.07 Å². The largest absolute Gasteiger partial charge is 0.392 e. The number of nitrogens with zero attached hydrogens (tertiary/aromatic N) is 4. The van der Waals surface area contributed by atoms with Crippen LogP contribution in [0.2, 0.25) is 0 Å². The number of nitrogens with two attached hydrogens (primary N) is 1. The average molecular weight is 493 g/mol. The van der Waals surface area contributed by atoms with Gasteiger partial charge in [0.25, 0.3) is 5.91 Å². The van der Waals surface area contributed by atoms with Crippen molar-refractivity contribution in [3.63, 3.8) is 0 Å². The van der Waals surface area contributed by atoms with Crippen molar-refractivity contribution in [2.24, 2.45) is 11.7 Å². The molecule has 0 saturated heterocycles. The summed E-state index contributed by atoms with van der Waals surface area (Å²) in [6, 6.07) is 5.60. The Morgan fingerprint density at radius 3 is 2.69 bits per heavy atom. The molecule has 3 aromatic heterocycles. The molecule has 4 aromatic rings. The molecule has 4 N–H and O–H groups in total. The lowest BCUT2D eigenvalue weighted by atomic mass is 9.76. The van der Waals surface area contributed by atoms with E-state index in [1.54, 1.807) is 12.4 Å². The second-order valence-electron chi connectivity index (χ2n) is 9.42. The average Bonchev–Trinajstić information content (AvgIpc) is 3.26. The summed E-state index contributed by atoms with van der Waals surface area (Å²) in [6.45, 7) is 1.68. The van der Waals surface area contributed by atoms with Gasteiger partial charge in [-0.05, 0) is 66.5 Å². The van der Waals surface area contributed by atoms with Gasteiger partial charge in [-0.25, -0.2) is 18.3 Å². The fourth-order valence-corrected chi connectivity index (χ4v) is 5.11. The van der Waals surface area contributed by atoms with Gasteiger partial charge in [0.2, 0.25) is 0 Å². The number of amides is 1. The Hall–Kier alpha value is -3.76. The second-order valence-corrected chi connectivity index (χ2v) is 9.42. The zero-order chi connectivity index (χ0) is 25.4. The van der Waals surface area contributed by atoms with Crippen LogP contribution in [0.5, 0.6) is 0 Å². The SMILES string of the molecule is C[C@@H]1C[C@@H](N)C[C@H](c2ccncc2NC(=O)c2ccn3ncc(-c4c(F)cc(CO)cc4F)c3n2)C1. The lowest BCUT2D eigenvalue weighted by Crippen LogP contribution is -2.31. The van der Waals surface area contributed by atoms with E-state index in [9.17, 15) is 18.7 Å². The van der Waals surface area contributed by atoms with Crippen molar-refractivity contribution in [3.8, 4) is 11.1 Å². The maximum absolute atomic E-state index is 14.7. The molecule has 186 valence electrons. The van der Waals surface area contributed by atoms with Gasteiger partial charge in [-0.2, -0.15) is 5.10 Å². The van der Waals surface area contributed by atoms with E-state index >= 15 is 0 Å². The molecular formula is C26H26F2N6O2. The van der Waals surface area contributed by atoms with E-state index in [0.717, 1.165) is 37.0 Å². The van der Waals surface area contributed by atoms with Gasteiger partial charge in [0.1, 0.15) is 17.3 Å². The molecule has 1 amide bonds. The summed E-state index contributed by atoms with van der Waals surface area (Å²) in [7, 11) is 0. The van der Waals surface area contributed by atoms with Gasteiger partial charge in [0.05, 0.1) is 35.8 Å². The van der Waals surface area contributed by atoms with Crippen molar-refractivity contribution in [3.05, 3.63) is 77.5 Å². The van der Waals surface area contributed by atoms with Crippen LogP contribution in [0.4, 0.5) is 14.5 Å². The number of hydrogen-bond donors (Lipinski definition) is 3. The number of anilines is 1. The Kier molecular flexibility index (Phi) is 6.46. The van der Waals surface area contributed by atoms with Gasteiger partial charge in [-0.3, -0.25) is 9.78 Å². The summed E-state index contributed by atoms with van der Waals surface area (Å²) in [4.78, 5) is 21.7. The number of nitrogens with one attached hydrogen (secondary N) is 1. The van der Waals surface area contributed by atoms with E-state index in [2.05, 4.69) is 27.3 Å². The minimum absolute atomic E-state index is 0.0561. The first-order chi connectivity index (χ1) is 17.3. The van der Waals surface area contributed by atoms with Crippen molar-refractivity contribution in [1.82, 2.24) is 19.6 Å². The standard InChI is InChI=1S/C26H26F2N6O2/c1-14-6-16(10-17(29)7-14)18-2-4-30-12-23(18)33-26(36)22-3-5-34-25(32-22)19(11-31-34)24-20(27)8-15(13-35)9-21(24)28/h2-5,8-9,11-12,14,16-17,35H,6-7,10,13,29H2,1H3,(H,33,36)/t14-,16+,17+/m0/s1. The van der Waals surface area contributed by atoms with Crippen molar-refractivity contribution in [2.45, 2.75) is 44.8 Å². The molecular weight excluding hydrogens is 466 g/mol. The number of aromatic nitrogens is 4. The number of aliphatic hydroxyl groups excluding tert-OH is 1. The molecule has 1 saturated carbocycles. The Bertz CT molecular complexity index is 1410. The van der Waals surface area contributed by atoms with E-state index in [0.29, 0.717) is 11.6 Å². The van der Waals surface area contributed by atoms with Crippen molar-refractivity contribution in [1.29, 1.82) is 0 Å². The van der Waals surface area contributed by atoms with Gasteiger partial charge in [-0.1, -0.05) is 6.92 Å². The maximum Gasteiger partial charge on any atom is 0.274 e. The van der Waals surface area contributed by atoms with E-state index in [-0.39, 0.29) is 40.0 Å². The van der Waals surface area contributed by atoms with Crippen LogP contribution >= 0.6 is 0 Å². The monoisotopic (exact) mass is 492 g/mol. The number of benzene rings is 1. The van der Waals surface area contributed by atoms with Gasteiger partial charge in [0, 0.05) is 18.4 Å². The van der Waals surface area contributed by atoms with Gasteiger partial charge in [-0.15, -0.1) is 0 Å². The quantitative estimate of drug-likeness (QED) is 0.387. The zero-order valence-electron chi connectivity index (χ0n) is 19.7. The number of carbonyl (C=O) groups excluding carboxylic acids is 1. The van der Waals surface area contributed by atoms with Crippen molar-refractivity contribution >= 4 is 17.2 Å². The topological polar surface area (TPSA) is 118 Å². The molecule has 8 nitrogen and oxygen atoms in total.